The quantitative estimate of drug-likeness (QED) is 0.296. The fraction of sp³-hybridized carbons (Fsp3) is 0.588. The van der Waals surface area contributed by atoms with Crippen molar-refractivity contribution in [3.05, 3.63) is 35.9 Å². The highest BCUT2D eigenvalue weighted by Crippen LogP contribution is 2.48. The van der Waals surface area contributed by atoms with Gasteiger partial charge < -0.3 is 15.4 Å². The molecule has 124 valence electrons. The largest absolute Gasteiger partial charge is 0.385 e. The Balaban J connectivity index is 0.00000242. The molecule has 0 unspecified atom stereocenters. The van der Waals surface area contributed by atoms with Gasteiger partial charge in [0.2, 0.25) is 0 Å². The minimum absolute atomic E-state index is 0. The number of ether oxygens (including phenoxy) is 1. The van der Waals surface area contributed by atoms with Gasteiger partial charge in [0.15, 0.2) is 5.96 Å². The first kappa shape index (κ1) is 19.2. The lowest BCUT2D eigenvalue weighted by Gasteiger charge is -2.16. The smallest absolute Gasteiger partial charge is 0.191 e. The van der Waals surface area contributed by atoms with Gasteiger partial charge >= 0.3 is 0 Å². The molecule has 0 aromatic heterocycles. The zero-order valence-electron chi connectivity index (χ0n) is 13.6. The Morgan fingerprint density at radius 2 is 1.95 bits per heavy atom. The lowest BCUT2D eigenvalue weighted by Crippen LogP contribution is -2.38. The minimum atomic E-state index is 0. The Morgan fingerprint density at radius 3 is 2.55 bits per heavy atom. The zero-order chi connectivity index (χ0) is 15.0. The molecular formula is C17H28IN3O. The van der Waals surface area contributed by atoms with Gasteiger partial charge in [0, 0.05) is 32.2 Å². The molecule has 1 aliphatic carbocycles. The molecule has 0 amide bonds. The molecule has 5 heteroatoms. The van der Waals surface area contributed by atoms with Crippen LogP contribution in [0.2, 0.25) is 0 Å². The van der Waals surface area contributed by atoms with E-state index in [0.717, 1.165) is 38.6 Å². The van der Waals surface area contributed by atoms with E-state index in [1.807, 2.05) is 0 Å². The molecule has 0 radical (unpaired) electrons. The first-order chi connectivity index (χ1) is 10.3. The van der Waals surface area contributed by atoms with Crippen molar-refractivity contribution in [2.75, 3.05) is 33.4 Å². The van der Waals surface area contributed by atoms with Gasteiger partial charge in [-0.3, -0.25) is 4.99 Å². The van der Waals surface area contributed by atoms with Gasteiger partial charge in [0.25, 0.3) is 0 Å². The van der Waals surface area contributed by atoms with E-state index in [9.17, 15) is 0 Å². The Labute approximate surface area is 151 Å². The lowest BCUT2D eigenvalue weighted by atomic mass is 9.96. The Morgan fingerprint density at radius 1 is 1.23 bits per heavy atom. The van der Waals surface area contributed by atoms with E-state index in [2.05, 4.69) is 47.9 Å². The summed E-state index contributed by atoms with van der Waals surface area (Å²) in [5.74, 6) is 0.913. The zero-order valence-corrected chi connectivity index (χ0v) is 15.9. The SMILES string of the molecule is CCNC(=NCC1(c2ccccc2)CC1)NCCCOC.I. The highest BCUT2D eigenvalue weighted by atomic mass is 127. The first-order valence-electron chi connectivity index (χ1n) is 7.87. The lowest BCUT2D eigenvalue weighted by molar-refractivity contribution is 0.195. The number of aliphatic imine (C=N–C) groups is 1. The summed E-state index contributed by atoms with van der Waals surface area (Å²) in [6.07, 6.45) is 3.47. The summed E-state index contributed by atoms with van der Waals surface area (Å²) in [6, 6.07) is 10.8. The van der Waals surface area contributed by atoms with E-state index in [4.69, 9.17) is 9.73 Å². The second-order valence-corrected chi connectivity index (χ2v) is 5.61. The maximum atomic E-state index is 5.07. The molecule has 1 aromatic carbocycles. The van der Waals surface area contributed by atoms with Crippen molar-refractivity contribution in [1.29, 1.82) is 0 Å². The number of nitrogens with one attached hydrogen (secondary N) is 2. The molecule has 0 saturated heterocycles. The summed E-state index contributed by atoms with van der Waals surface area (Å²) >= 11 is 0. The second kappa shape index (κ2) is 10.0. The predicted molar refractivity (Wildman–Crippen MR) is 103 cm³/mol. The number of benzene rings is 1. The van der Waals surface area contributed by atoms with Gasteiger partial charge in [0.05, 0.1) is 6.54 Å². The molecule has 1 fully saturated rings. The van der Waals surface area contributed by atoms with Gasteiger partial charge in [-0.15, -0.1) is 24.0 Å². The van der Waals surface area contributed by atoms with Crippen LogP contribution >= 0.6 is 24.0 Å². The summed E-state index contributed by atoms with van der Waals surface area (Å²) in [7, 11) is 1.73. The number of nitrogens with zero attached hydrogens (tertiary/aromatic N) is 1. The molecule has 0 spiro atoms. The van der Waals surface area contributed by atoms with E-state index >= 15 is 0 Å². The molecule has 1 aromatic rings. The summed E-state index contributed by atoms with van der Waals surface area (Å²) in [4.78, 5) is 4.78. The van der Waals surface area contributed by atoms with Crippen LogP contribution in [0.15, 0.2) is 35.3 Å². The average Bonchev–Trinajstić information content (AvgIpc) is 3.31. The highest BCUT2D eigenvalue weighted by molar-refractivity contribution is 14.0. The van der Waals surface area contributed by atoms with Crippen molar-refractivity contribution in [3.8, 4) is 0 Å². The third kappa shape index (κ3) is 5.76. The number of guanidine groups is 1. The van der Waals surface area contributed by atoms with Gasteiger partial charge in [0.1, 0.15) is 0 Å². The maximum absolute atomic E-state index is 5.07. The van der Waals surface area contributed by atoms with Crippen LogP contribution in [0.5, 0.6) is 0 Å². The van der Waals surface area contributed by atoms with Crippen LogP contribution in [0.3, 0.4) is 0 Å². The molecule has 22 heavy (non-hydrogen) atoms. The molecule has 0 atom stereocenters. The van der Waals surface area contributed by atoms with E-state index in [-0.39, 0.29) is 29.4 Å². The molecule has 4 nitrogen and oxygen atoms in total. The Hall–Kier alpha value is -0.820. The van der Waals surface area contributed by atoms with Crippen LogP contribution in [0.25, 0.3) is 0 Å². The fourth-order valence-corrected chi connectivity index (χ4v) is 2.48. The van der Waals surface area contributed by atoms with Crippen molar-refractivity contribution in [2.45, 2.75) is 31.6 Å². The van der Waals surface area contributed by atoms with Gasteiger partial charge in [-0.05, 0) is 31.7 Å². The van der Waals surface area contributed by atoms with Crippen LogP contribution < -0.4 is 10.6 Å². The molecular weight excluding hydrogens is 389 g/mol. The van der Waals surface area contributed by atoms with Gasteiger partial charge in [-0.25, -0.2) is 0 Å². The number of halogens is 1. The molecule has 1 aliphatic rings. The highest BCUT2D eigenvalue weighted by Gasteiger charge is 2.43. The predicted octanol–water partition coefficient (Wildman–Crippen LogP) is 2.93. The van der Waals surface area contributed by atoms with E-state index in [1.54, 1.807) is 7.11 Å². The fourth-order valence-electron chi connectivity index (χ4n) is 2.48. The van der Waals surface area contributed by atoms with E-state index in [0.29, 0.717) is 0 Å². The minimum Gasteiger partial charge on any atom is -0.385 e. The van der Waals surface area contributed by atoms with Crippen LogP contribution in [0, 0.1) is 0 Å². The van der Waals surface area contributed by atoms with Crippen molar-refractivity contribution in [3.63, 3.8) is 0 Å². The average molecular weight is 417 g/mol. The number of hydrogen-bond acceptors (Lipinski definition) is 2. The second-order valence-electron chi connectivity index (χ2n) is 5.61. The van der Waals surface area contributed by atoms with Crippen molar-refractivity contribution in [1.82, 2.24) is 10.6 Å². The van der Waals surface area contributed by atoms with E-state index < -0.39 is 0 Å². The summed E-state index contributed by atoms with van der Waals surface area (Å²) in [5.41, 5.74) is 1.69. The summed E-state index contributed by atoms with van der Waals surface area (Å²) in [6.45, 7) is 5.50. The maximum Gasteiger partial charge on any atom is 0.191 e. The third-order valence-electron chi connectivity index (χ3n) is 3.94. The monoisotopic (exact) mass is 417 g/mol. The van der Waals surface area contributed by atoms with Crippen molar-refractivity contribution in [2.24, 2.45) is 4.99 Å². The van der Waals surface area contributed by atoms with Crippen LogP contribution in [0.1, 0.15) is 31.7 Å². The summed E-state index contributed by atoms with van der Waals surface area (Å²) < 4.78 is 5.07. The molecule has 1 saturated carbocycles. The molecule has 0 heterocycles. The van der Waals surface area contributed by atoms with E-state index in [1.165, 1.54) is 18.4 Å². The molecule has 0 aliphatic heterocycles. The Bertz CT molecular complexity index is 446. The van der Waals surface area contributed by atoms with Crippen LogP contribution in [-0.2, 0) is 10.2 Å². The first-order valence-corrected chi connectivity index (χ1v) is 7.87. The number of rotatable bonds is 8. The Kier molecular flexibility index (Phi) is 8.78. The van der Waals surface area contributed by atoms with Crippen molar-refractivity contribution >= 4 is 29.9 Å². The van der Waals surface area contributed by atoms with Crippen LogP contribution in [0.4, 0.5) is 0 Å². The molecule has 0 bridgehead atoms. The molecule has 2 N–H and O–H groups in total. The normalized spacial score (nSPS) is 15.8. The third-order valence-corrected chi connectivity index (χ3v) is 3.94. The molecule has 2 rings (SSSR count). The van der Waals surface area contributed by atoms with Crippen molar-refractivity contribution < 1.29 is 4.74 Å². The summed E-state index contributed by atoms with van der Waals surface area (Å²) in [5, 5.41) is 6.68. The van der Waals surface area contributed by atoms with Gasteiger partial charge in [-0.1, -0.05) is 30.3 Å². The number of hydrogen-bond donors (Lipinski definition) is 2. The topological polar surface area (TPSA) is 45.7 Å². The van der Waals surface area contributed by atoms with Crippen LogP contribution in [-0.4, -0.2) is 39.3 Å². The standard InChI is InChI=1S/C17H27N3O.HI/c1-3-18-16(19-12-7-13-21-2)20-14-17(10-11-17)15-8-5-4-6-9-15;/h4-6,8-9H,3,7,10-14H2,1-2H3,(H2,18,19,20);1H. The number of methoxy groups -OCH3 is 1. The van der Waals surface area contributed by atoms with Gasteiger partial charge in [-0.2, -0.15) is 0 Å².